The molecule has 0 aromatic heterocycles. The summed E-state index contributed by atoms with van der Waals surface area (Å²) in [6.45, 7) is 10.8. The number of amides is 1. The molecule has 28 heavy (non-hydrogen) atoms. The summed E-state index contributed by atoms with van der Waals surface area (Å²) < 4.78 is 0. The Kier molecular flexibility index (Phi) is 8.81. The van der Waals surface area contributed by atoms with Gasteiger partial charge in [-0.05, 0) is 69.1 Å². The summed E-state index contributed by atoms with van der Waals surface area (Å²) in [5.41, 5.74) is 1.89. The summed E-state index contributed by atoms with van der Waals surface area (Å²) in [6, 6.07) is 8.38. The molecule has 1 amide bonds. The zero-order valence-electron chi connectivity index (χ0n) is 18.3. The quantitative estimate of drug-likeness (QED) is 0.549. The van der Waals surface area contributed by atoms with Gasteiger partial charge < -0.3 is 15.5 Å². The molecule has 1 aromatic carbocycles. The Balaban J connectivity index is 1.83. The minimum atomic E-state index is 0.0963. The van der Waals surface area contributed by atoms with E-state index in [1.54, 1.807) is 0 Å². The number of hydrogen-bond acceptors (Lipinski definition) is 2. The first-order valence-corrected chi connectivity index (χ1v) is 10.8. The summed E-state index contributed by atoms with van der Waals surface area (Å²) in [5, 5.41) is 6.98. The molecule has 0 saturated heterocycles. The molecule has 156 valence electrons. The first kappa shape index (κ1) is 22.3. The number of rotatable bonds is 7. The van der Waals surface area contributed by atoms with Crippen LogP contribution in [0.4, 0.5) is 0 Å². The van der Waals surface area contributed by atoms with Gasteiger partial charge >= 0.3 is 0 Å². The number of carbonyl (C=O) groups excluding carboxylic acids is 1. The predicted octanol–water partition coefficient (Wildman–Crippen LogP) is 4.05. The van der Waals surface area contributed by atoms with Gasteiger partial charge in [-0.3, -0.25) is 9.79 Å². The molecule has 1 fully saturated rings. The molecule has 0 heterocycles. The first-order valence-electron chi connectivity index (χ1n) is 10.8. The van der Waals surface area contributed by atoms with E-state index in [0.717, 1.165) is 42.0 Å². The van der Waals surface area contributed by atoms with E-state index in [1.165, 1.54) is 25.7 Å². The zero-order valence-corrected chi connectivity index (χ0v) is 18.3. The zero-order chi connectivity index (χ0) is 20.5. The number of hydrogen-bond donors (Lipinski definition) is 2. The third kappa shape index (κ3) is 6.25. The highest BCUT2D eigenvalue weighted by atomic mass is 16.2. The maximum atomic E-state index is 12.4. The average molecular weight is 387 g/mol. The Morgan fingerprint density at radius 3 is 2.21 bits per heavy atom. The van der Waals surface area contributed by atoms with Crippen LogP contribution >= 0.6 is 0 Å². The molecule has 1 aromatic rings. The lowest BCUT2D eigenvalue weighted by molar-refractivity contribution is 0.0773. The predicted molar refractivity (Wildman–Crippen MR) is 118 cm³/mol. The lowest BCUT2D eigenvalue weighted by atomic mass is 9.80. The van der Waals surface area contributed by atoms with Crippen LogP contribution in [0.2, 0.25) is 0 Å². The van der Waals surface area contributed by atoms with Crippen molar-refractivity contribution in [3.63, 3.8) is 0 Å². The summed E-state index contributed by atoms with van der Waals surface area (Å²) in [5.74, 6) is 2.61. The van der Waals surface area contributed by atoms with Crippen LogP contribution in [0.15, 0.2) is 29.3 Å². The maximum Gasteiger partial charge on any atom is 0.253 e. The van der Waals surface area contributed by atoms with Crippen molar-refractivity contribution in [2.24, 2.45) is 16.8 Å². The molecule has 2 N–H and O–H groups in total. The largest absolute Gasteiger partial charge is 0.354 e. The molecule has 1 saturated carbocycles. The number of nitrogens with zero attached hydrogens (tertiary/aromatic N) is 2. The molecule has 5 nitrogen and oxygen atoms in total. The minimum Gasteiger partial charge on any atom is -0.354 e. The third-order valence-electron chi connectivity index (χ3n) is 5.99. The number of benzene rings is 1. The van der Waals surface area contributed by atoms with Crippen molar-refractivity contribution in [1.29, 1.82) is 0 Å². The van der Waals surface area contributed by atoms with Gasteiger partial charge in [-0.2, -0.15) is 0 Å². The normalized spacial score (nSPS) is 20.1. The molecule has 0 bridgehead atoms. The Labute approximate surface area is 171 Å². The standard InChI is InChI=1S/C23H38N4O/c1-6-27(7-2)22(28)20-10-8-18(9-11-20)16-25-23(24-5)26-21-14-12-19(13-15-21)17(3)4/h8-11,17,19,21H,6-7,12-16H2,1-5H3,(H2,24,25,26). The summed E-state index contributed by atoms with van der Waals surface area (Å²) in [6.07, 6.45) is 5.03. The molecule has 2 rings (SSSR count). The van der Waals surface area contributed by atoms with Gasteiger partial charge in [0.2, 0.25) is 0 Å². The molecule has 5 heteroatoms. The van der Waals surface area contributed by atoms with Crippen LogP contribution in [0.5, 0.6) is 0 Å². The van der Waals surface area contributed by atoms with Gasteiger partial charge in [-0.25, -0.2) is 0 Å². The van der Waals surface area contributed by atoms with Gasteiger partial charge in [-0.15, -0.1) is 0 Å². The molecule has 0 aliphatic heterocycles. The van der Waals surface area contributed by atoms with Gasteiger partial charge in [0.15, 0.2) is 5.96 Å². The highest BCUT2D eigenvalue weighted by molar-refractivity contribution is 5.94. The van der Waals surface area contributed by atoms with Crippen LogP contribution in [0, 0.1) is 11.8 Å². The summed E-state index contributed by atoms with van der Waals surface area (Å²) in [7, 11) is 1.82. The Hall–Kier alpha value is -2.04. The topological polar surface area (TPSA) is 56.7 Å². The van der Waals surface area contributed by atoms with Crippen LogP contribution in [-0.2, 0) is 6.54 Å². The first-order chi connectivity index (χ1) is 13.5. The second kappa shape index (κ2) is 11.1. The molecule has 0 unspecified atom stereocenters. The Bertz CT molecular complexity index is 627. The van der Waals surface area contributed by atoms with E-state index in [0.29, 0.717) is 12.6 Å². The van der Waals surface area contributed by atoms with Crippen LogP contribution in [0.1, 0.15) is 69.3 Å². The van der Waals surface area contributed by atoms with Crippen molar-refractivity contribution < 1.29 is 4.79 Å². The lowest BCUT2D eigenvalue weighted by Crippen LogP contribution is -2.44. The van der Waals surface area contributed by atoms with E-state index in [9.17, 15) is 4.79 Å². The number of guanidine groups is 1. The average Bonchev–Trinajstić information content (AvgIpc) is 2.72. The van der Waals surface area contributed by atoms with Crippen molar-refractivity contribution in [3.05, 3.63) is 35.4 Å². The second-order valence-electron chi connectivity index (χ2n) is 8.10. The molecule has 1 aliphatic rings. The van der Waals surface area contributed by atoms with Crippen LogP contribution < -0.4 is 10.6 Å². The molecular formula is C23H38N4O. The lowest BCUT2D eigenvalue weighted by Gasteiger charge is -2.32. The van der Waals surface area contributed by atoms with Crippen LogP contribution in [-0.4, -0.2) is 42.9 Å². The minimum absolute atomic E-state index is 0.0963. The Morgan fingerprint density at radius 2 is 1.71 bits per heavy atom. The fourth-order valence-corrected chi connectivity index (χ4v) is 3.96. The molecular weight excluding hydrogens is 348 g/mol. The van der Waals surface area contributed by atoms with E-state index in [-0.39, 0.29) is 5.91 Å². The summed E-state index contributed by atoms with van der Waals surface area (Å²) in [4.78, 5) is 18.6. The van der Waals surface area contributed by atoms with Gasteiger partial charge in [0.25, 0.3) is 5.91 Å². The van der Waals surface area contributed by atoms with Gasteiger partial charge in [0, 0.05) is 38.3 Å². The monoisotopic (exact) mass is 386 g/mol. The van der Waals surface area contributed by atoms with Crippen molar-refractivity contribution in [2.75, 3.05) is 20.1 Å². The molecule has 0 atom stereocenters. The highest BCUT2D eigenvalue weighted by Gasteiger charge is 2.23. The number of aliphatic imine (C=N–C) groups is 1. The van der Waals surface area contributed by atoms with E-state index in [2.05, 4.69) is 29.5 Å². The fraction of sp³-hybridized carbons (Fsp3) is 0.652. The molecule has 1 aliphatic carbocycles. The van der Waals surface area contributed by atoms with Crippen molar-refractivity contribution in [1.82, 2.24) is 15.5 Å². The van der Waals surface area contributed by atoms with Gasteiger partial charge in [-0.1, -0.05) is 26.0 Å². The third-order valence-corrected chi connectivity index (χ3v) is 5.99. The van der Waals surface area contributed by atoms with Crippen LogP contribution in [0.25, 0.3) is 0 Å². The van der Waals surface area contributed by atoms with E-state index in [4.69, 9.17) is 0 Å². The van der Waals surface area contributed by atoms with E-state index in [1.807, 2.05) is 50.1 Å². The van der Waals surface area contributed by atoms with Gasteiger partial charge in [0.1, 0.15) is 0 Å². The molecule has 0 radical (unpaired) electrons. The number of nitrogens with one attached hydrogen (secondary N) is 2. The van der Waals surface area contributed by atoms with E-state index >= 15 is 0 Å². The SMILES string of the molecule is CCN(CC)C(=O)c1ccc(CNC(=NC)NC2CCC(C(C)C)CC2)cc1. The summed E-state index contributed by atoms with van der Waals surface area (Å²) >= 11 is 0. The Morgan fingerprint density at radius 1 is 1.11 bits per heavy atom. The van der Waals surface area contributed by atoms with Gasteiger partial charge in [0.05, 0.1) is 0 Å². The second-order valence-corrected chi connectivity index (χ2v) is 8.10. The van der Waals surface area contributed by atoms with Crippen molar-refractivity contribution in [3.8, 4) is 0 Å². The smallest absolute Gasteiger partial charge is 0.253 e. The maximum absolute atomic E-state index is 12.4. The van der Waals surface area contributed by atoms with E-state index < -0.39 is 0 Å². The fourth-order valence-electron chi connectivity index (χ4n) is 3.96. The number of carbonyl (C=O) groups is 1. The van der Waals surface area contributed by atoms with Crippen molar-refractivity contribution >= 4 is 11.9 Å². The molecule has 0 spiro atoms. The highest BCUT2D eigenvalue weighted by Crippen LogP contribution is 2.29. The van der Waals surface area contributed by atoms with Crippen LogP contribution in [0.3, 0.4) is 0 Å². The van der Waals surface area contributed by atoms with Crippen molar-refractivity contribution in [2.45, 2.75) is 66.0 Å².